The molecule has 0 aliphatic carbocycles. The molecule has 132 valence electrons. The third-order valence-corrected chi connectivity index (χ3v) is 5.29. The highest BCUT2D eigenvalue weighted by Crippen LogP contribution is 2.35. The Kier molecular flexibility index (Phi) is 5.35. The van der Waals surface area contributed by atoms with E-state index in [4.69, 9.17) is 16.3 Å². The van der Waals surface area contributed by atoms with Crippen molar-refractivity contribution < 1.29 is 19.1 Å². The molecule has 0 radical (unpaired) electrons. The molecule has 0 spiro atoms. The van der Waals surface area contributed by atoms with E-state index in [2.05, 4.69) is 5.32 Å². The average Bonchev–Trinajstić information content (AvgIpc) is 2.97. The zero-order valence-corrected chi connectivity index (χ0v) is 15.3. The molecule has 3 rings (SSSR count). The van der Waals surface area contributed by atoms with Crippen molar-refractivity contribution in [1.82, 2.24) is 0 Å². The Labute approximate surface area is 158 Å². The lowest BCUT2D eigenvalue weighted by Crippen LogP contribution is -2.20. The lowest BCUT2D eigenvalue weighted by molar-refractivity contribution is -0.119. The topological polar surface area (TPSA) is 72.5 Å². The van der Waals surface area contributed by atoms with Crippen molar-refractivity contribution in [3.05, 3.63) is 64.0 Å². The largest absolute Gasteiger partial charge is 0.451 e. The maximum Gasteiger partial charge on any atom is 0.350 e. The molecule has 1 amide bonds. The van der Waals surface area contributed by atoms with Gasteiger partial charge in [0.1, 0.15) is 4.88 Å². The molecule has 0 fully saturated rings. The van der Waals surface area contributed by atoms with E-state index in [1.807, 2.05) is 24.3 Å². The van der Waals surface area contributed by atoms with Gasteiger partial charge in [-0.2, -0.15) is 0 Å². The molecule has 26 heavy (non-hydrogen) atoms. The fourth-order valence-corrected chi connectivity index (χ4v) is 3.73. The monoisotopic (exact) mass is 387 g/mol. The van der Waals surface area contributed by atoms with Gasteiger partial charge in [0.15, 0.2) is 12.4 Å². The van der Waals surface area contributed by atoms with Crippen molar-refractivity contribution in [2.75, 3.05) is 11.9 Å². The van der Waals surface area contributed by atoms with Crippen molar-refractivity contribution in [3.8, 4) is 0 Å². The summed E-state index contributed by atoms with van der Waals surface area (Å²) in [6.45, 7) is 1.03. The Morgan fingerprint density at radius 3 is 2.42 bits per heavy atom. The van der Waals surface area contributed by atoms with Gasteiger partial charge in [0.2, 0.25) is 0 Å². The highest BCUT2D eigenvalue weighted by atomic mass is 35.5. The highest BCUT2D eigenvalue weighted by molar-refractivity contribution is 7.21. The van der Waals surface area contributed by atoms with E-state index in [0.29, 0.717) is 16.3 Å². The van der Waals surface area contributed by atoms with Gasteiger partial charge in [-0.05, 0) is 37.3 Å². The predicted molar refractivity (Wildman–Crippen MR) is 102 cm³/mol. The molecule has 0 atom stereocenters. The highest BCUT2D eigenvalue weighted by Gasteiger charge is 2.19. The number of ether oxygens (including phenoxy) is 1. The molecular weight excluding hydrogens is 374 g/mol. The maximum absolute atomic E-state index is 12.2. The summed E-state index contributed by atoms with van der Waals surface area (Å²) in [7, 11) is 0. The molecule has 0 aliphatic rings. The number of Topliss-reactive ketones (excluding diaryl/α,β-unsaturated/α-hetero) is 1. The van der Waals surface area contributed by atoms with Gasteiger partial charge in [0, 0.05) is 21.3 Å². The Morgan fingerprint density at radius 1 is 1.08 bits per heavy atom. The zero-order chi connectivity index (χ0) is 18.7. The first-order valence-corrected chi connectivity index (χ1v) is 8.90. The fourth-order valence-electron chi connectivity index (χ4n) is 2.33. The van der Waals surface area contributed by atoms with Crippen molar-refractivity contribution >= 4 is 56.4 Å². The summed E-state index contributed by atoms with van der Waals surface area (Å²) in [5.74, 6) is -1.18. The minimum Gasteiger partial charge on any atom is -0.451 e. The maximum atomic E-state index is 12.2. The Hall–Kier alpha value is -2.70. The Balaban J connectivity index is 1.60. The van der Waals surface area contributed by atoms with Crippen LogP contribution in [0.2, 0.25) is 5.02 Å². The van der Waals surface area contributed by atoms with Crippen LogP contribution in [0.4, 0.5) is 5.69 Å². The predicted octanol–water partition coefficient (Wildman–Crippen LogP) is 4.55. The molecule has 1 N–H and O–H groups in total. The number of anilines is 1. The quantitative estimate of drug-likeness (QED) is 0.514. The number of ketones is 1. The van der Waals surface area contributed by atoms with Crippen LogP contribution in [0.25, 0.3) is 10.1 Å². The van der Waals surface area contributed by atoms with Crippen LogP contribution in [0.15, 0.2) is 48.5 Å². The fraction of sp³-hybridized carbons (Fsp3) is 0.105. The van der Waals surface area contributed by atoms with Gasteiger partial charge in [-0.3, -0.25) is 9.59 Å². The number of fused-ring (bicyclic) bond motifs is 1. The van der Waals surface area contributed by atoms with Gasteiger partial charge in [0.25, 0.3) is 5.91 Å². The van der Waals surface area contributed by atoms with E-state index in [0.717, 1.165) is 10.1 Å². The molecule has 0 saturated heterocycles. The van der Waals surface area contributed by atoms with Crippen molar-refractivity contribution in [1.29, 1.82) is 0 Å². The third-order valence-electron chi connectivity index (χ3n) is 3.63. The summed E-state index contributed by atoms with van der Waals surface area (Å²) in [4.78, 5) is 35.6. The third kappa shape index (κ3) is 3.92. The van der Waals surface area contributed by atoms with Crippen molar-refractivity contribution in [3.63, 3.8) is 0 Å². The molecule has 1 heterocycles. The van der Waals surface area contributed by atoms with Gasteiger partial charge in [-0.1, -0.05) is 29.8 Å². The van der Waals surface area contributed by atoms with Crippen molar-refractivity contribution in [2.45, 2.75) is 6.92 Å². The molecule has 7 heteroatoms. The van der Waals surface area contributed by atoms with E-state index in [1.165, 1.54) is 18.3 Å². The van der Waals surface area contributed by atoms with E-state index >= 15 is 0 Å². The van der Waals surface area contributed by atoms with Crippen LogP contribution in [-0.2, 0) is 9.53 Å². The number of hydrogen-bond donors (Lipinski definition) is 1. The number of hydrogen-bond acceptors (Lipinski definition) is 5. The Bertz CT molecular complexity index is 994. The van der Waals surface area contributed by atoms with Gasteiger partial charge in [-0.25, -0.2) is 4.79 Å². The second-order valence-electron chi connectivity index (χ2n) is 5.50. The number of halogens is 1. The van der Waals surface area contributed by atoms with Crippen molar-refractivity contribution in [2.24, 2.45) is 0 Å². The van der Waals surface area contributed by atoms with Crippen LogP contribution in [0.1, 0.15) is 27.0 Å². The minimum absolute atomic E-state index is 0.0583. The summed E-state index contributed by atoms with van der Waals surface area (Å²) >= 11 is 7.44. The average molecular weight is 388 g/mol. The lowest BCUT2D eigenvalue weighted by Gasteiger charge is -2.06. The first-order valence-electron chi connectivity index (χ1n) is 7.70. The zero-order valence-electron chi connectivity index (χ0n) is 13.7. The first-order chi connectivity index (χ1) is 12.5. The standard InChI is InChI=1S/C19H14ClNO4S/c1-11(22)12-6-8-13(9-7-12)21-16(23)10-25-19(24)18-17(20)14-4-2-3-5-15(14)26-18/h2-9H,10H2,1H3,(H,21,23). The molecule has 0 aliphatic heterocycles. The number of esters is 1. The van der Waals surface area contributed by atoms with Crippen LogP contribution < -0.4 is 5.32 Å². The SMILES string of the molecule is CC(=O)c1ccc(NC(=O)COC(=O)c2sc3ccccc3c2Cl)cc1. The van der Waals surface area contributed by atoms with E-state index in [9.17, 15) is 14.4 Å². The summed E-state index contributed by atoms with van der Waals surface area (Å²) in [6.07, 6.45) is 0. The number of nitrogens with one attached hydrogen (secondary N) is 1. The summed E-state index contributed by atoms with van der Waals surface area (Å²) < 4.78 is 5.93. The smallest absolute Gasteiger partial charge is 0.350 e. The molecule has 5 nitrogen and oxygen atoms in total. The number of carbonyl (C=O) groups is 3. The van der Waals surface area contributed by atoms with Crippen LogP contribution in [-0.4, -0.2) is 24.3 Å². The summed E-state index contributed by atoms with van der Waals surface area (Å²) in [6, 6.07) is 13.8. The lowest BCUT2D eigenvalue weighted by atomic mass is 10.1. The van der Waals surface area contributed by atoms with Crippen LogP contribution in [0.5, 0.6) is 0 Å². The molecule has 1 aromatic heterocycles. The van der Waals surface area contributed by atoms with Gasteiger partial charge in [0.05, 0.1) is 5.02 Å². The van der Waals surface area contributed by atoms with Gasteiger partial charge >= 0.3 is 5.97 Å². The normalized spacial score (nSPS) is 10.5. The van der Waals surface area contributed by atoms with Gasteiger partial charge < -0.3 is 10.1 Å². The minimum atomic E-state index is -0.640. The van der Waals surface area contributed by atoms with Gasteiger partial charge in [-0.15, -0.1) is 11.3 Å². The van der Waals surface area contributed by atoms with Crippen LogP contribution in [0.3, 0.4) is 0 Å². The number of carbonyl (C=O) groups excluding carboxylic acids is 3. The molecule has 2 aromatic carbocycles. The summed E-state index contributed by atoms with van der Waals surface area (Å²) in [5.41, 5.74) is 1.06. The molecular formula is C19H14ClNO4S. The molecule has 0 bridgehead atoms. The molecule has 3 aromatic rings. The number of benzene rings is 2. The van der Waals surface area contributed by atoms with E-state index < -0.39 is 18.5 Å². The number of amides is 1. The second-order valence-corrected chi connectivity index (χ2v) is 6.93. The van der Waals surface area contributed by atoms with Crippen LogP contribution >= 0.6 is 22.9 Å². The van der Waals surface area contributed by atoms with Crippen LogP contribution in [0, 0.1) is 0 Å². The first kappa shape index (κ1) is 18.1. The summed E-state index contributed by atoms with van der Waals surface area (Å²) in [5, 5.41) is 3.71. The molecule has 0 saturated carbocycles. The Morgan fingerprint density at radius 2 is 1.77 bits per heavy atom. The second kappa shape index (κ2) is 7.68. The number of thiophene rings is 1. The number of rotatable bonds is 5. The van der Waals surface area contributed by atoms with E-state index in [-0.39, 0.29) is 10.7 Å². The molecule has 0 unspecified atom stereocenters. The van der Waals surface area contributed by atoms with E-state index in [1.54, 1.807) is 24.3 Å².